The molecule has 0 saturated heterocycles. The Kier molecular flexibility index (Phi) is 3.12. The fraction of sp³-hybridized carbons (Fsp3) is 0. The Hall–Kier alpha value is -2.40. The molecule has 4 nitrogen and oxygen atoms in total. The first kappa shape index (κ1) is 12.6. The molecule has 6 heteroatoms. The van der Waals surface area contributed by atoms with E-state index in [0.717, 1.165) is 11.1 Å². The molecular formula is C14H10ClFN4. The van der Waals surface area contributed by atoms with Gasteiger partial charge in [0.05, 0.1) is 10.7 Å². The van der Waals surface area contributed by atoms with Gasteiger partial charge in [0.15, 0.2) is 11.6 Å². The number of rotatable bonds is 2. The maximum atomic E-state index is 12.9. The maximum absolute atomic E-state index is 12.9. The average Bonchev–Trinajstić information content (AvgIpc) is 2.92. The topological polar surface area (TPSA) is 67.6 Å². The Morgan fingerprint density at radius 2 is 1.75 bits per heavy atom. The summed E-state index contributed by atoms with van der Waals surface area (Å²) < 4.78 is 12.9. The van der Waals surface area contributed by atoms with Gasteiger partial charge >= 0.3 is 0 Å². The number of hydrogen-bond donors (Lipinski definition) is 2. The van der Waals surface area contributed by atoms with E-state index in [1.807, 2.05) is 0 Å². The third-order valence-electron chi connectivity index (χ3n) is 2.86. The minimum atomic E-state index is -0.293. The molecule has 0 unspecified atom stereocenters. The second-order valence-corrected chi connectivity index (χ2v) is 4.66. The first-order chi connectivity index (χ1) is 9.63. The molecule has 3 N–H and O–H groups in total. The van der Waals surface area contributed by atoms with E-state index in [1.54, 1.807) is 30.3 Å². The largest absolute Gasteiger partial charge is 0.398 e. The van der Waals surface area contributed by atoms with Gasteiger partial charge in [-0.1, -0.05) is 11.6 Å². The van der Waals surface area contributed by atoms with Gasteiger partial charge in [-0.2, -0.15) is 5.10 Å². The SMILES string of the molecule is Nc1cc(-c2n[nH]c(-c3ccc(F)cc3)n2)ccc1Cl. The zero-order valence-corrected chi connectivity index (χ0v) is 11.0. The number of hydrogen-bond acceptors (Lipinski definition) is 3. The van der Waals surface area contributed by atoms with E-state index < -0.39 is 0 Å². The predicted molar refractivity (Wildman–Crippen MR) is 76.6 cm³/mol. The summed E-state index contributed by atoms with van der Waals surface area (Å²) in [5.74, 6) is 0.778. The Labute approximate surface area is 119 Å². The zero-order chi connectivity index (χ0) is 14.1. The third kappa shape index (κ3) is 2.35. The number of halogens is 2. The second-order valence-electron chi connectivity index (χ2n) is 4.25. The van der Waals surface area contributed by atoms with Crippen LogP contribution in [0.3, 0.4) is 0 Å². The number of benzene rings is 2. The molecule has 0 radical (unpaired) electrons. The smallest absolute Gasteiger partial charge is 0.181 e. The van der Waals surface area contributed by atoms with Crippen LogP contribution in [0.2, 0.25) is 5.02 Å². The molecule has 100 valence electrons. The highest BCUT2D eigenvalue weighted by Gasteiger charge is 2.09. The first-order valence-corrected chi connectivity index (χ1v) is 6.25. The van der Waals surface area contributed by atoms with Gasteiger partial charge in [0.1, 0.15) is 5.82 Å². The van der Waals surface area contributed by atoms with Gasteiger partial charge in [0.2, 0.25) is 0 Å². The molecule has 1 aromatic heterocycles. The number of aromatic nitrogens is 3. The van der Waals surface area contributed by atoms with Crippen molar-refractivity contribution in [3.8, 4) is 22.8 Å². The Morgan fingerprint density at radius 3 is 2.45 bits per heavy atom. The lowest BCUT2D eigenvalue weighted by molar-refractivity contribution is 0.628. The van der Waals surface area contributed by atoms with Gasteiger partial charge in [0, 0.05) is 11.1 Å². The van der Waals surface area contributed by atoms with Crippen molar-refractivity contribution >= 4 is 17.3 Å². The van der Waals surface area contributed by atoms with E-state index in [9.17, 15) is 4.39 Å². The van der Waals surface area contributed by atoms with Gasteiger partial charge < -0.3 is 5.73 Å². The molecule has 2 aromatic carbocycles. The molecule has 0 aliphatic carbocycles. The number of anilines is 1. The van der Waals surface area contributed by atoms with Crippen LogP contribution >= 0.6 is 11.6 Å². The summed E-state index contributed by atoms with van der Waals surface area (Å²) in [5, 5.41) is 7.43. The molecule has 0 aliphatic heterocycles. The lowest BCUT2D eigenvalue weighted by Gasteiger charge is -1.99. The molecule has 3 aromatic rings. The van der Waals surface area contributed by atoms with Crippen LogP contribution in [0.5, 0.6) is 0 Å². The van der Waals surface area contributed by atoms with Gasteiger partial charge in [-0.15, -0.1) is 0 Å². The van der Waals surface area contributed by atoms with Crippen LogP contribution in [0.25, 0.3) is 22.8 Å². The highest BCUT2D eigenvalue weighted by molar-refractivity contribution is 6.33. The van der Waals surface area contributed by atoms with Crippen LogP contribution in [0.4, 0.5) is 10.1 Å². The molecule has 0 bridgehead atoms. The summed E-state index contributed by atoms with van der Waals surface area (Å²) in [6.07, 6.45) is 0. The number of nitrogens with one attached hydrogen (secondary N) is 1. The third-order valence-corrected chi connectivity index (χ3v) is 3.20. The van der Waals surface area contributed by atoms with Crippen molar-refractivity contribution in [2.24, 2.45) is 0 Å². The monoisotopic (exact) mass is 288 g/mol. The van der Waals surface area contributed by atoms with Crippen LogP contribution < -0.4 is 5.73 Å². The molecule has 3 rings (SSSR count). The van der Waals surface area contributed by atoms with Crippen molar-refractivity contribution in [2.45, 2.75) is 0 Å². The molecule has 0 saturated carbocycles. The van der Waals surface area contributed by atoms with Crippen molar-refractivity contribution < 1.29 is 4.39 Å². The number of nitrogens with two attached hydrogens (primary N) is 1. The minimum absolute atomic E-state index is 0.293. The van der Waals surface area contributed by atoms with Crippen LogP contribution in [-0.2, 0) is 0 Å². The van der Waals surface area contributed by atoms with E-state index >= 15 is 0 Å². The minimum Gasteiger partial charge on any atom is -0.398 e. The van der Waals surface area contributed by atoms with Crippen molar-refractivity contribution in [2.75, 3.05) is 5.73 Å². The molecule has 0 amide bonds. The van der Waals surface area contributed by atoms with Crippen molar-refractivity contribution in [1.29, 1.82) is 0 Å². The van der Waals surface area contributed by atoms with Crippen molar-refractivity contribution in [1.82, 2.24) is 15.2 Å². The van der Waals surface area contributed by atoms with Crippen molar-refractivity contribution in [3.63, 3.8) is 0 Å². The summed E-state index contributed by atoms with van der Waals surface area (Å²) in [6.45, 7) is 0. The fourth-order valence-electron chi connectivity index (χ4n) is 1.81. The van der Waals surface area contributed by atoms with E-state index in [1.165, 1.54) is 12.1 Å². The first-order valence-electron chi connectivity index (χ1n) is 5.87. The van der Waals surface area contributed by atoms with Crippen LogP contribution in [-0.4, -0.2) is 15.2 Å². The Morgan fingerprint density at radius 1 is 1.05 bits per heavy atom. The quantitative estimate of drug-likeness (QED) is 0.709. The van der Waals surface area contributed by atoms with Crippen LogP contribution in [0, 0.1) is 5.82 Å². The molecule has 20 heavy (non-hydrogen) atoms. The summed E-state index contributed by atoms with van der Waals surface area (Å²) in [4.78, 5) is 4.36. The van der Waals surface area contributed by atoms with E-state index in [4.69, 9.17) is 17.3 Å². The summed E-state index contributed by atoms with van der Waals surface area (Å²) in [5.41, 5.74) is 7.74. The standard InChI is InChI=1S/C14H10ClFN4/c15-11-6-3-9(7-12(11)17)14-18-13(19-20-14)8-1-4-10(16)5-2-8/h1-7H,17H2,(H,18,19,20). The lowest BCUT2D eigenvalue weighted by Crippen LogP contribution is -1.88. The number of nitrogens with zero attached hydrogens (tertiary/aromatic N) is 2. The highest BCUT2D eigenvalue weighted by Crippen LogP contribution is 2.26. The van der Waals surface area contributed by atoms with E-state index in [-0.39, 0.29) is 5.82 Å². The zero-order valence-electron chi connectivity index (χ0n) is 10.3. The molecule has 0 spiro atoms. The summed E-state index contributed by atoms with van der Waals surface area (Å²) in [7, 11) is 0. The second kappa shape index (κ2) is 4.94. The molecule has 0 fully saturated rings. The van der Waals surface area contributed by atoms with Crippen LogP contribution in [0.15, 0.2) is 42.5 Å². The van der Waals surface area contributed by atoms with Crippen LogP contribution in [0.1, 0.15) is 0 Å². The van der Waals surface area contributed by atoms with Gasteiger partial charge in [0.25, 0.3) is 0 Å². The van der Waals surface area contributed by atoms with Gasteiger partial charge in [-0.25, -0.2) is 9.37 Å². The Bertz CT molecular complexity index is 752. The fourth-order valence-corrected chi connectivity index (χ4v) is 1.93. The average molecular weight is 289 g/mol. The van der Waals surface area contributed by atoms with E-state index in [2.05, 4.69) is 15.2 Å². The predicted octanol–water partition coefficient (Wildman–Crippen LogP) is 3.51. The number of nitrogen functional groups attached to an aromatic ring is 1. The van der Waals surface area contributed by atoms with Crippen molar-refractivity contribution in [3.05, 3.63) is 53.3 Å². The maximum Gasteiger partial charge on any atom is 0.181 e. The summed E-state index contributed by atoms with van der Waals surface area (Å²) >= 11 is 5.87. The highest BCUT2D eigenvalue weighted by atomic mass is 35.5. The Balaban J connectivity index is 1.97. The number of H-pyrrole nitrogens is 1. The molecule has 1 heterocycles. The van der Waals surface area contributed by atoms with Gasteiger partial charge in [-0.05, 0) is 42.5 Å². The lowest BCUT2D eigenvalue weighted by atomic mass is 10.2. The molecule has 0 aliphatic rings. The molecule has 0 atom stereocenters. The summed E-state index contributed by atoms with van der Waals surface area (Å²) in [6, 6.07) is 11.2. The number of aromatic amines is 1. The van der Waals surface area contributed by atoms with Gasteiger partial charge in [-0.3, -0.25) is 5.10 Å². The van der Waals surface area contributed by atoms with E-state index in [0.29, 0.717) is 22.4 Å². The normalized spacial score (nSPS) is 10.7. The molecular weight excluding hydrogens is 279 g/mol.